The summed E-state index contributed by atoms with van der Waals surface area (Å²) in [6, 6.07) is 62.8. The van der Waals surface area contributed by atoms with E-state index < -0.39 is 0 Å². The monoisotopic (exact) mass is 686 g/mol. The molecule has 0 amide bonds. The Labute approximate surface area is 312 Å². The fourth-order valence-electron chi connectivity index (χ4n) is 7.69. The van der Waals surface area contributed by atoms with Crippen molar-refractivity contribution in [3.05, 3.63) is 193 Å². The molecule has 0 aliphatic heterocycles. The molecule has 0 radical (unpaired) electrons. The molecule has 0 atom stereocenters. The van der Waals surface area contributed by atoms with E-state index in [9.17, 15) is 0 Å². The number of pyridine rings is 1. The van der Waals surface area contributed by atoms with E-state index in [-0.39, 0.29) is 0 Å². The van der Waals surface area contributed by atoms with Crippen LogP contribution in [0.3, 0.4) is 0 Å². The highest BCUT2D eigenvalue weighted by Crippen LogP contribution is 2.43. The Bertz CT molecular complexity index is 3030. The highest BCUT2D eigenvalue weighted by atomic mass is 14.9. The van der Waals surface area contributed by atoms with Crippen LogP contribution in [0.25, 0.3) is 104 Å². The molecule has 0 saturated carbocycles. The zero-order chi connectivity index (χ0) is 36.0. The molecule has 4 heteroatoms. The van der Waals surface area contributed by atoms with E-state index >= 15 is 0 Å². The van der Waals surface area contributed by atoms with Gasteiger partial charge in [-0.2, -0.15) is 0 Å². The summed E-state index contributed by atoms with van der Waals surface area (Å²) in [7, 11) is 0. The topological polar surface area (TPSA) is 43.0 Å². The second-order valence-corrected chi connectivity index (χ2v) is 13.5. The van der Waals surface area contributed by atoms with Crippen LogP contribution in [-0.4, -0.2) is 15.0 Å². The smallest absolute Gasteiger partial charge is 0.187 e. The molecule has 4 nitrogen and oxygen atoms in total. The third-order valence-electron chi connectivity index (χ3n) is 10.3. The Kier molecular flexibility index (Phi) is 7.49. The highest BCUT2D eigenvalue weighted by Gasteiger charge is 2.18. The van der Waals surface area contributed by atoms with E-state index in [0.29, 0.717) is 11.5 Å². The Balaban J connectivity index is 1.18. The molecule has 0 N–H and O–H groups in total. The molecule has 0 fully saturated rings. The van der Waals surface area contributed by atoms with Gasteiger partial charge in [0.25, 0.3) is 0 Å². The SMILES string of the molecule is [C-]#[N+]c1ccc(-c2nc3cc(-c4cccc(-c5nc(-c6ccccc6)cc(-c6ccccc6)n5)c4)ccc3c3c4ccccc4c4ccccc4c23)cc1. The van der Waals surface area contributed by atoms with Gasteiger partial charge in [-0.25, -0.2) is 19.8 Å². The number of benzene rings is 8. The van der Waals surface area contributed by atoms with Crippen LogP contribution in [0.5, 0.6) is 0 Å². The van der Waals surface area contributed by atoms with Crippen molar-refractivity contribution in [1.82, 2.24) is 15.0 Å². The largest absolute Gasteiger partial charge is 0.247 e. The summed E-state index contributed by atoms with van der Waals surface area (Å²) in [6.07, 6.45) is 0. The summed E-state index contributed by atoms with van der Waals surface area (Å²) in [4.78, 5) is 19.3. The van der Waals surface area contributed by atoms with Crippen molar-refractivity contribution >= 4 is 48.9 Å². The average molecular weight is 687 g/mol. The fraction of sp³-hybridized carbons (Fsp3) is 0. The molecule has 10 rings (SSSR count). The Morgan fingerprint density at radius 1 is 0.352 bits per heavy atom. The average Bonchev–Trinajstić information content (AvgIpc) is 3.26. The maximum atomic E-state index is 7.53. The lowest BCUT2D eigenvalue weighted by atomic mass is 9.89. The van der Waals surface area contributed by atoms with E-state index in [2.05, 4.69) is 126 Å². The van der Waals surface area contributed by atoms with Crippen LogP contribution < -0.4 is 0 Å². The van der Waals surface area contributed by atoms with Gasteiger partial charge in [-0.3, -0.25) is 0 Å². The van der Waals surface area contributed by atoms with Crippen molar-refractivity contribution in [2.75, 3.05) is 0 Å². The summed E-state index contributed by atoms with van der Waals surface area (Å²) in [5.74, 6) is 0.672. The summed E-state index contributed by atoms with van der Waals surface area (Å²) < 4.78 is 0. The Morgan fingerprint density at radius 3 is 1.50 bits per heavy atom. The van der Waals surface area contributed by atoms with Gasteiger partial charge in [0, 0.05) is 32.8 Å². The van der Waals surface area contributed by atoms with Gasteiger partial charge in [-0.15, -0.1) is 0 Å². The number of aromatic nitrogens is 3. The van der Waals surface area contributed by atoms with Crippen LogP contribution in [0, 0.1) is 6.57 Å². The van der Waals surface area contributed by atoms with E-state index in [4.69, 9.17) is 21.5 Å². The van der Waals surface area contributed by atoms with Gasteiger partial charge in [0.05, 0.1) is 29.2 Å². The van der Waals surface area contributed by atoms with Crippen molar-refractivity contribution < 1.29 is 0 Å². The van der Waals surface area contributed by atoms with E-state index in [1.165, 1.54) is 21.5 Å². The number of rotatable bonds is 5. The van der Waals surface area contributed by atoms with E-state index in [1.54, 1.807) is 0 Å². The lowest BCUT2D eigenvalue weighted by Gasteiger charge is -2.17. The van der Waals surface area contributed by atoms with Crippen molar-refractivity contribution in [2.45, 2.75) is 0 Å². The van der Waals surface area contributed by atoms with Crippen molar-refractivity contribution in [1.29, 1.82) is 0 Å². The second-order valence-electron chi connectivity index (χ2n) is 13.5. The number of hydrogen-bond acceptors (Lipinski definition) is 3. The van der Waals surface area contributed by atoms with Gasteiger partial charge < -0.3 is 0 Å². The third-order valence-corrected chi connectivity index (χ3v) is 10.3. The summed E-state index contributed by atoms with van der Waals surface area (Å²) in [6.45, 7) is 7.53. The summed E-state index contributed by atoms with van der Waals surface area (Å²) in [5.41, 5.74) is 10.3. The van der Waals surface area contributed by atoms with Crippen LogP contribution in [0.15, 0.2) is 182 Å². The van der Waals surface area contributed by atoms with Crippen LogP contribution in [-0.2, 0) is 0 Å². The normalized spacial score (nSPS) is 11.3. The highest BCUT2D eigenvalue weighted by molar-refractivity contribution is 6.33. The van der Waals surface area contributed by atoms with Crippen LogP contribution in [0.4, 0.5) is 5.69 Å². The minimum atomic E-state index is 0.607. The first kappa shape index (κ1) is 31.3. The molecule has 8 aromatic carbocycles. The Morgan fingerprint density at radius 2 is 0.870 bits per heavy atom. The van der Waals surface area contributed by atoms with Crippen molar-refractivity contribution in [2.24, 2.45) is 0 Å². The van der Waals surface area contributed by atoms with Crippen molar-refractivity contribution in [3.8, 4) is 56.3 Å². The molecule has 2 aromatic heterocycles. The zero-order valence-electron chi connectivity index (χ0n) is 29.1. The standard InChI is InChI=1S/C50H30N4/c1-51-38-26-23-34(24-27-38)49-48-42-22-11-9-20-40(42)39-19-8-10-21-41(39)47(48)43-28-25-36(30-46(43)52-49)35-17-12-18-37(29-35)50-53-44(32-13-4-2-5-14-32)31-45(54-50)33-15-6-3-7-16-33/h2-31H. The molecule has 0 aliphatic rings. The summed E-state index contributed by atoms with van der Waals surface area (Å²) in [5, 5.41) is 8.16. The lowest BCUT2D eigenvalue weighted by molar-refractivity contribution is 1.18. The van der Waals surface area contributed by atoms with Crippen LogP contribution in [0.1, 0.15) is 0 Å². The van der Waals surface area contributed by atoms with Crippen LogP contribution in [0.2, 0.25) is 0 Å². The number of fused-ring (bicyclic) bond motifs is 8. The van der Waals surface area contributed by atoms with E-state index in [1.807, 2.05) is 60.7 Å². The molecule has 0 spiro atoms. The van der Waals surface area contributed by atoms with Gasteiger partial charge in [0.1, 0.15) is 0 Å². The predicted octanol–water partition coefficient (Wildman–Crippen LogP) is 13.4. The number of nitrogens with zero attached hydrogens (tertiary/aromatic N) is 4. The van der Waals surface area contributed by atoms with Crippen molar-refractivity contribution in [3.63, 3.8) is 0 Å². The molecular weight excluding hydrogens is 657 g/mol. The maximum Gasteiger partial charge on any atom is 0.187 e. The van der Waals surface area contributed by atoms with E-state index in [0.717, 1.165) is 72.1 Å². The molecule has 2 heterocycles. The van der Waals surface area contributed by atoms with Gasteiger partial charge in [-0.1, -0.05) is 164 Å². The Hall–Kier alpha value is -7.48. The van der Waals surface area contributed by atoms with Gasteiger partial charge in [0.2, 0.25) is 0 Å². The first-order valence-electron chi connectivity index (χ1n) is 18.0. The zero-order valence-corrected chi connectivity index (χ0v) is 29.1. The molecule has 10 aromatic rings. The quantitative estimate of drug-likeness (QED) is 0.134. The fourth-order valence-corrected chi connectivity index (χ4v) is 7.69. The maximum absolute atomic E-state index is 7.53. The van der Waals surface area contributed by atoms with Gasteiger partial charge in [-0.05, 0) is 56.4 Å². The first-order valence-corrected chi connectivity index (χ1v) is 18.0. The molecule has 54 heavy (non-hydrogen) atoms. The molecule has 250 valence electrons. The first-order chi connectivity index (χ1) is 26.7. The summed E-state index contributed by atoms with van der Waals surface area (Å²) >= 11 is 0. The molecule has 0 unspecified atom stereocenters. The third kappa shape index (κ3) is 5.35. The predicted molar refractivity (Wildman–Crippen MR) is 223 cm³/mol. The second kappa shape index (κ2) is 12.9. The molecule has 0 saturated heterocycles. The minimum absolute atomic E-state index is 0.607. The van der Waals surface area contributed by atoms with Gasteiger partial charge >= 0.3 is 0 Å². The number of hydrogen-bond donors (Lipinski definition) is 0. The van der Waals surface area contributed by atoms with Gasteiger partial charge in [0.15, 0.2) is 11.5 Å². The van der Waals surface area contributed by atoms with Crippen LogP contribution >= 0.6 is 0 Å². The molecular formula is C50H30N4. The lowest BCUT2D eigenvalue weighted by Crippen LogP contribution is -1.96. The molecule has 0 bridgehead atoms. The molecule has 0 aliphatic carbocycles. The minimum Gasteiger partial charge on any atom is -0.247 e.